The van der Waals surface area contributed by atoms with Gasteiger partial charge in [0.15, 0.2) is 0 Å². The smallest absolute Gasteiger partial charge is 0.306 e. The molecule has 2 heterocycles. The van der Waals surface area contributed by atoms with Crippen LogP contribution in [0.3, 0.4) is 0 Å². The Labute approximate surface area is 116 Å². The van der Waals surface area contributed by atoms with E-state index in [-0.39, 0.29) is 5.97 Å². The molecule has 2 rings (SSSR count). The lowest BCUT2D eigenvalue weighted by Crippen LogP contribution is -2.48. The standard InChI is InChI=1S/C14H27N3O2/c1-19-14(18)4-7-16-9-12-17(13-10-16)11-8-15-5-2-3-6-15/h2-13H2,1H3. The average molecular weight is 269 g/mol. The molecule has 0 aliphatic carbocycles. The molecule has 2 saturated heterocycles. The summed E-state index contributed by atoms with van der Waals surface area (Å²) in [5, 5.41) is 0. The number of likely N-dealkylation sites (tertiary alicyclic amines) is 1. The van der Waals surface area contributed by atoms with Gasteiger partial charge < -0.3 is 14.5 Å². The van der Waals surface area contributed by atoms with E-state index in [1.54, 1.807) is 0 Å². The summed E-state index contributed by atoms with van der Waals surface area (Å²) in [6, 6.07) is 0. The van der Waals surface area contributed by atoms with Gasteiger partial charge >= 0.3 is 5.97 Å². The van der Waals surface area contributed by atoms with Gasteiger partial charge in [0.1, 0.15) is 0 Å². The lowest BCUT2D eigenvalue weighted by atomic mass is 10.3. The van der Waals surface area contributed by atoms with Gasteiger partial charge in [0, 0.05) is 45.8 Å². The molecule has 0 aromatic rings. The highest BCUT2D eigenvalue weighted by atomic mass is 16.5. The first-order valence-electron chi connectivity index (χ1n) is 7.52. The number of nitrogens with zero attached hydrogens (tertiary/aromatic N) is 3. The lowest BCUT2D eigenvalue weighted by Gasteiger charge is -2.35. The van der Waals surface area contributed by atoms with Gasteiger partial charge in [0.05, 0.1) is 13.5 Å². The summed E-state index contributed by atoms with van der Waals surface area (Å²) in [6.45, 7) is 10.3. The molecule has 5 heteroatoms. The summed E-state index contributed by atoms with van der Waals surface area (Å²) < 4.78 is 4.68. The summed E-state index contributed by atoms with van der Waals surface area (Å²) in [6.07, 6.45) is 3.27. The van der Waals surface area contributed by atoms with E-state index in [9.17, 15) is 4.79 Å². The minimum atomic E-state index is -0.100. The van der Waals surface area contributed by atoms with Crippen LogP contribution in [-0.2, 0) is 9.53 Å². The molecule has 2 fully saturated rings. The number of carbonyl (C=O) groups is 1. The minimum Gasteiger partial charge on any atom is -0.469 e. The fraction of sp³-hybridized carbons (Fsp3) is 0.929. The van der Waals surface area contributed by atoms with Crippen molar-refractivity contribution in [3.63, 3.8) is 0 Å². The summed E-state index contributed by atoms with van der Waals surface area (Å²) in [5.74, 6) is -0.100. The Hall–Kier alpha value is -0.650. The Bertz CT molecular complexity index is 272. The number of carbonyl (C=O) groups excluding carboxylic acids is 1. The van der Waals surface area contributed by atoms with Crippen LogP contribution in [0.2, 0.25) is 0 Å². The number of methoxy groups -OCH3 is 1. The van der Waals surface area contributed by atoms with E-state index >= 15 is 0 Å². The molecule has 0 unspecified atom stereocenters. The van der Waals surface area contributed by atoms with Crippen LogP contribution in [0.5, 0.6) is 0 Å². The molecule has 0 aromatic carbocycles. The first-order chi connectivity index (χ1) is 9.28. The molecule has 5 nitrogen and oxygen atoms in total. The Morgan fingerprint density at radius 2 is 1.32 bits per heavy atom. The largest absolute Gasteiger partial charge is 0.469 e. The Kier molecular flexibility index (Phi) is 6.07. The van der Waals surface area contributed by atoms with Crippen molar-refractivity contribution in [3.8, 4) is 0 Å². The molecule has 2 aliphatic rings. The van der Waals surface area contributed by atoms with Gasteiger partial charge in [-0.2, -0.15) is 0 Å². The zero-order valence-corrected chi connectivity index (χ0v) is 12.1. The normalized spacial score (nSPS) is 22.8. The van der Waals surface area contributed by atoms with Gasteiger partial charge in [-0.15, -0.1) is 0 Å². The van der Waals surface area contributed by atoms with E-state index in [1.165, 1.54) is 46.1 Å². The van der Waals surface area contributed by atoms with E-state index in [0.29, 0.717) is 6.42 Å². The molecule has 0 atom stereocenters. The second-order valence-corrected chi connectivity index (χ2v) is 5.56. The number of hydrogen-bond acceptors (Lipinski definition) is 5. The third-order valence-corrected chi connectivity index (χ3v) is 4.26. The van der Waals surface area contributed by atoms with E-state index < -0.39 is 0 Å². The van der Waals surface area contributed by atoms with E-state index in [0.717, 1.165) is 32.7 Å². The van der Waals surface area contributed by atoms with Crippen molar-refractivity contribution in [2.75, 3.05) is 66.0 Å². The second-order valence-electron chi connectivity index (χ2n) is 5.56. The summed E-state index contributed by atoms with van der Waals surface area (Å²) >= 11 is 0. The zero-order valence-electron chi connectivity index (χ0n) is 12.1. The monoisotopic (exact) mass is 269 g/mol. The molecule has 0 aromatic heterocycles. The molecule has 2 aliphatic heterocycles. The summed E-state index contributed by atoms with van der Waals surface area (Å²) in [4.78, 5) is 18.6. The molecule has 19 heavy (non-hydrogen) atoms. The van der Waals surface area contributed by atoms with Crippen LogP contribution < -0.4 is 0 Å². The van der Waals surface area contributed by atoms with Gasteiger partial charge in [-0.1, -0.05) is 0 Å². The average Bonchev–Trinajstić information content (AvgIpc) is 2.97. The number of piperazine rings is 1. The third-order valence-electron chi connectivity index (χ3n) is 4.26. The van der Waals surface area contributed by atoms with Gasteiger partial charge in [-0.3, -0.25) is 9.69 Å². The second kappa shape index (κ2) is 7.82. The highest BCUT2D eigenvalue weighted by Gasteiger charge is 2.18. The van der Waals surface area contributed by atoms with Crippen LogP contribution >= 0.6 is 0 Å². The van der Waals surface area contributed by atoms with Crippen molar-refractivity contribution in [3.05, 3.63) is 0 Å². The van der Waals surface area contributed by atoms with Crippen molar-refractivity contribution < 1.29 is 9.53 Å². The number of ether oxygens (including phenoxy) is 1. The molecule has 0 spiro atoms. The maximum atomic E-state index is 11.1. The zero-order chi connectivity index (χ0) is 13.5. The molecular formula is C14H27N3O2. The van der Waals surface area contributed by atoms with E-state index in [2.05, 4.69) is 19.4 Å². The molecule has 0 N–H and O–H groups in total. The number of rotatable bonds is 6. The van der Waals surface area contributed by atoms with Crippen molar-refractivity contribution in [1.29, 1.82) is 0 Å². The summed E-state index contributed by atoms with van der Waals surface area (Å²) in [5.41, 5.74) is 0. The van der Waals surface area contributed by atoms with Crippen LogP contribution in [0.4, 0.5) is 0 Å². The Morgan fingerprint density at radius 1 is 0.842 bits per heavy atom. The van der Waals surface area contributed by atoms with E-state index in [1.807, 2.05) is 0 Å². The van der Waals surface area contributed by atoms with Crippen LogP contribution in [0.15, 0.2) is 0 Å². The van der Waals surface area contributed by atoms with Crippen molar-refractivity contribution in [2.45, 2.75) is 19.3 Å². The van der Waals surface area contributed by atoms with Gasteiger partial charge in [-0.25, -0.2) is 0 Å². The maximum Gasteiger partial charge on any atom is 0.306 e. The Morgan fingerprint density at radius 3 is 1.84 bits per heavy atom. The lowest BCUT2D eigenvalue weighted by molar-refractivity contribution is -0.141. The van der Waals surface area contributed by atoms with Crippen LogP contribution in [0.25, 0.3) is 0 Å². The molecule has 0 bridgehead atoms. The maximum absolute atomic E-state index is 11.1. The topological polar surface area (TPSA) is 36.0 Å². The van der Waals surface area contributed by atoms with Gasteiger partial charge in [0.25, 0.3) is 0 Å². The van der Waals surface area contributed by atoms with Crippen molar-refractivity contribution >= 4 is 5.97 Å². The van der Waals surface area contributed by atoms with Crippen LogP contribution in [0.1, 0.15) is 19.3 Å². The number of esters is 1. The minimum absolute atomic E-state index is 0.100. The third kappa shape index (κ3) is 5.09. The van der Waals surface area contributed by atoms with Crippen molar-refractivity contribution in [1.82, 2.24) is 14.7 Å². The van der Waals surface area contributed by atoms with Crippen LogP contribution in [-0.4, -0.2) is 86.7 Å². The fourth-order valence-electron chi connectivity index (χ4n) is 2.88. The number of hydrogen-bond donors (Lipinski definition) is 0. The molecule has 0 radical (unpaired) electrons. The predicted octanol–water partition coefficient (Wildman–Crippen LogP) is 0.263. The molecular weight excluding hydrogens is 242 g/mol. The molecule has 110 valence electrons. The quantitative estimate of drug-likeness (QED) is 0.647. The Balaban J connectivity index is 1.55. The molecule has 0 amide bonds. The summed E-state index contributed by atoms with van der Waals surface area (Å²) in [7, 11) is 1.46. The first kappa shape index (κ1) is 14.8. The first-order valence-corrected chi connectivity index (χ1v) is 7.52. The molecule has 0 saturated carbocycles. The SMILES string of the molecule is COC(=O)CCN1CCN(CCN2CCCC2)CC1. The van der Waals surface area contributed by atoms with Crippen molar-refractivity contribution in [2.24, 2.45) is 0 Å². The van der Waals surface area contributed by atoms with Gasteiger partial charge in [0.2, 0.25) is 0 Å². The highest BCUT2D eigenvalue weighted by molar-refractivity contribution is 5.69. The van der Waals surface area contributed by atoms with E-state index in [4.69, 9.17) is 0 Å². The van der Waals surface area contributed by atoms with Gasteiger partial charge in [-0.05, 0) is 25.9 Å². The van der Waals surface area contributed by atoms with Crippen LogP contribution in [0, 0.1) is 0 Å². The highest BCUT2D eigenvalue weighted by Crippen LogP contribution is 2.08. The predicted molar refractivity (Wildman–Crippen MR) is 75.2 cm³/mol. The fourth-order valence-corrected chi connectivity index (χ4v) is 2.88.